The standard InChI is InChI=1S/C14H20O3/c1-4-5-12(15)10(2)8-11-6-7-13(16)14(9-11)17-3/h6-7,9-10,16H,4-5,8H2,1-3H3. The first kappa shape index (κ1) is 13.6. The molecule has 17 heavy (non-hydrogen) atoms. The third-order valence-corrected chi connectivity index (χ3v) is 2.83. The molecule has 0 heterocycles. The zero-order valence-electron chi connectivity index (χ0n) is 10.7. The summed E-state index contributed by atoms with van der Waals surface area (Å²) in [6.07, 6.45) is 2.22. The maximum atomic E-state index is 11.7. The second kappa shape index (κ2) is 6.28. The lowest BCUT2D eigenvalue weighted by Crippen LogP contribution is -2.13. The van der Waals surface area contributed by atoms with Crippen LogP contribution in [0.2, 0.25) is 0 Å². The molecule has 0 aromatic heterocycles. The van der Waals surface area contributed by atoms with Crippen molar-refractivity contribution in [2.24, 2.45) is 5.92 Å². The first-order valence-corrected chi connectivity index (χ1v) is 5.97. The van der Waals surface area contributed by atoms with Gasteiger partial charge < -0.3 is 9.84 Å². The van der Waals surface area contributed by atoms with Crippen molar-refractivity contribution in [3.05, 3.63) is 23.8 Å². The molecule has 0 aliphatic carbocycles. The molecule has 1 rings (SSSR count). The van der Waals surface area contributed by atoms with Crippen LogP contribution < -0.4 is 4.74 Å². The highest BCUT2D eigenvalue weighted by atomic mass is 16.5. The van der Waals surface area contributed by atoms with Crippen LogP contribution in [-0.4, -0.2) is 18.0 Å². The number of benzene rings is 1. The van der Waals surface area contributed by atoms with Gasteiger partial charge in [-0.2, -0.15) is 0 Å². The molecule has 0 spiro atoms. The van der Waals surface area contributed by atoms with Gasteiger partial charge in [0.15, 0.2) is 11.5 Å². The second-order valence-corrected chi connectivity index (χ2v) is 4.33. The van der Waals surface area contributed by atoms with Crippen molar-refractivity contribution in [2.75, 3.05) is 7.11 Å². The van der Waals surface area contributed by atoms with Crippen LogP contribution in [0.1, 0.15) is 32.3 Å². The molecule has 1 aromatic rings. The average Bonchev–Trinajstić information content (AvgIpc) is 2.31. The van der Waals surface area contributed by atoms with E-state index in [1.807, 2.05) is 19.9 Å². The minimum atomic E-state index is 0.0178. The molecule has 1 unspecified atom stereocenters. The van der Waals surface area contributed by atoms with Crippen LogP contribution in [0.5, 0.6) is 11.5 Å². The molecule has 0 aliphatic rings. The maximum absolute atomic E-state index is 11.7. The highest BCUT2D eigenvalue weighted by molar-refractivity contribution is 5.80. The number of Topliss-reactive ketones (excluding diaryl/α,β-unsaturated/α-hetero) is 1. The lowest BCUT2D eigenvalue weighted by Gasteiger charge is -2.11. The highest BCUT2D eigenvalue weighted by Crippen LogP contribution is 2.27. The average molecular weight is 236 g/mol. The maximum Gasteiger partial charge on any atom is 0.160 e. The summed E-state index contributed by atoms with van der Waals surface area (Å²) in [5.41, 5.74) is 1.01. The zero-order valence-corrected chi connectivity index (χ0v) is 10.7. The predicted octanol–water partition coefficient (Wildman–Crippen LogP) is 2.95. The molecular weight excluding hydrogens is 216 g/mol. The summed E-state index contributed by atoms with van der Waals surface area (Å²) in [6, 6.07) is 5.21. The number of phenols is 1. The minimum absolute atomic E-state index is 0.0178. The first-order chi connectivity index (χ1) is 8.08. The smallest absolute Gasteiger partial charge is 0.160 e. The van der Waals surface area contributed by atoms with Crippen molar-refractivity contribution in [3.63, 3.8) is 0 Å². The van der Waals surface area contributed by atoms with Crippen molar-refractivity contribution in [1.82, 2.24) is 0 Å². The number of ether oxygens (including phenoxy) is 1. The minimum Gasteiger partial charge on any atom is -0.504 e. The summed E-state index contributed by atoms with van der Waals surface area (Å²) in [5, 5.41) is 9.47. The Morgan fingerprint density at radius 1 is 1.47 bits per heavy atom. The Morgan fingerprint density at radius 3 is 2.76 bits per heavy atom. The first-order valence-electron chi connectivity index (χ1n) is 5.97. The Bertz CT molecular complexity index is 385. The Morgan fingerprint density at radius 2 is 2.18 bits per heavy atom. The van der Waals surface area contributed by atoms with Gasteiger partial charge in [-0.1, -0.05) is 19.9 Å². The quantitative estimate of drug-likeness (QED) is 0.826. The summed E-state index contributed by atoms with van der Waals surface area (Å²) in [6.45, 7) is 3.95. The van der Waals surface area contributed by atoms with Gasteiger partial charge in [-0.15, -0.1) is 0 Å². The van der Waals surface area contributed by atoms with Crippen LogP contribution in [-0.2, 0) is 11.2 Å². The van der Waals surface area contributed by atoms with E-state index in [9.17, 15) is 9.90 Å². The van der Waals surface area contributed by atoms with Crippen molar-refractivity contribution >= 4 is 5.78 Å². The van der Waals surface area contributed by atoms with Crippen LogP contribution in [0, 0.1) is 5.92 Å². The summed E-state index contributed by atoms with van der Waals surface area (Å²) < 4.78 is 5.04. The molecule has 3 heteroatoms. The van der Waals surface area contributed by atoms with Crippen LogP contribution in [0.25, 0.3) is 0 Å². The number of hydrogen-bond acceptors (Lipinski definition) is 3. The Labute approximate surface area is 102 Å². The second-order valence-electron chi connectivity index (χ2n) is 4.33. The molecule has 1 N–H and O–H groups in total. The van der Waals surface area contributed by atoms with Crippen LogP contribution in [0.3, 0.4) is 0 Å². The Balaban J connectivity index is 2.71. The van der Waals surface area contributed by atoms with Gasteiger partial charge in [0.1, 0.15) is 5.78 Å². The number of rotatable bonds is 6. The Hall–Kier alpha value is -1.51. The number of aromatic hydroxyl groups is 1. The number of methoxy groups -OCH3 is 1. The zero-order chi connectivity index (χ0) is 12.8. The van der Waals surface area contributed by atoms with E-state index in [1.165, 1.54) is 7.11 Å². The van der Waals surface area contributed by atoms with Gasteiger partial charge in [0.2, 0.25) is 0 Å². The monoisotopic (exact) mass is 236 g/mol. The molecular formula is C14H20O3. The van der Waals surface area contributed by atoms with E-state index in [-0.39, 0.29) is 11.7 Å². The normalized spacial score (nSPS) is 12.2. The Kier molecular flexibility index (Phi) is 5.01. The van der Waals surface area contributed by atoms with Crippen LogP contribution in [0.4, 0.5) is 0 Å². The molecule has 1 aromatic carbocycles. The fourth-order valence-electron chi connectivity index (χ4n) is 1.81. The fourth-order valence-corrected chi connectivity index (χ4v) is 1.81. The van der Waals surface area contributed by atoms with Gasteiger partial charge in [-0.25, -0.2) is 0 Å². The number of carbonyl (C=O) groups is 1. The largest absolute Gasteiger partial charge is 0.504 e. The number of ketones is 1. The van der Waals surface area contributed by atoms with E-state index in [1.54, 1.807) is 12.1 Å². The van der Waals surface area contributed by atoms with Crippen molar-refractivity contribution in [2.45, 2.75) is 33.1 Å². The van der Waals surface area contributed by atoms with E-state index >= 15 is 0 Å². The van der Waals surface area contributed by atoms with Crippen LogP contribution >= 0.6 is 0 Å². The van der Waals surface area contributed by atoms with Crippen molar-refractivity contribution < 1.29 is 14.6 Å². The highest BCUT2D eigenvalue weighted by Gasteiger charge is 2.13. The van der Waals surface area contributed by atoms with Crippen molar-refractivity contribution in [3.8, 4) is 11.5 Å². The summed E-state index contributed by atoms with van der Waals surface area (Å²) in [7, 11) is 1.52. The third-order valence-electron chi connectivity index (χ3n) is 2.83. The van der Waals surface area contributed by atoms with Gasteiger partial charge in [0, 0.05) is 12.3 Å². The summed E-state index contributed by atoms with van der Waals surface area (Å²) >= 11 is 0. The van der Waals surface area contributed by atoms with Gasteiger partial charge in [0.25, 0.3) is 0 Å². The van der Waals surface area contributed by atoms with E-state index in [0.717, 1.165) is 12.0 Å². The third kappa shape index (κ3) is 3.77. The van der Waals surface area contributed by atoms with E-state index in [0.29, 0.717) is 24.4 Å². The molecule has 0 radical (unpaired) electrons. The number of hydrogen-bond donors (Lipinski definition) is 1. The van der Waals surface area contributed by atoms with E-state index in [2.05, 4.69) is 0 Å². The molecule has 3 nitrogen and oxygen atoms in total. The van der Waals surface area contributed by atoms with Crippen LogP contribution in [0.15, 0.2) is 18.2 Å². The summed E-state index contributed by atoms with van der Waals surface area (Å²) in [5.74, 6) is 0.894. The lowest BCUT2D eigenvalue weighted by molar-refractivity contribution is -0.122. The predicted molar refractivity (Wildman–Crippen MR) is 67.4 cm³/mol. The number of carbonyl (C=O) groups excluding carboxylic acids is 1. The van der Waals surface area contributed by atoms with Gasteiger partial charge in [0.05, 0.1) is 7.11 Å². The SMILES string of the molecule is CCCC(=O)C(C)Cc1ccc(O)c(OC)c1. The molecule has 0 fully saturated rings. The molecule has 94 valence electrons. The van der Waals surface area contributed by atoms with Crippen molar-refractivity contribution in [1.29, 1.82) is 0 Å². The van der Waals surface area contributed by atoms with E-state index < -0.39 is 0 Å². The number of phenolic OH excluding ortho intramolecular Hbond substituents is 1. The van der Waals surface area contributed by atoms with Gasteiger partial charge >= 0.3 is 0 Å². The summed E-state index contributed by atoms with van der Waals surface area (Å²) in [4.78, 5) is 11.7. The molecule has 0 saturated heterocycles. The lowest BCUT2D eigenvalue weighted by atomic mass is 9.94. The van der Waals surface area contributed by atoms with Gasteiger partial charge in [-0.05, 0) is 30.5 Å². The van der Waals surface area contributed by atoms with E-state index in [4.69, 9.17) is 4.74 Å². The fraction of sp³-hybridized carbons (Fsp3) is 0.500. The molecule has 1 atom stereocenters. The molecule has 0 aliphatic heterocycles. The van der Waals surface area contributed by atoms with Gasteiger partial charge in [-0.3, -0.25) is 4.79 Å². The molecule has 0 bridgehead atoms. The topological polar surface area (TPSA) is 46.5 Å². The molecule has 0 amide bonds. The molecule has 0 saturated carbocycles.